The molecule has 0 bridgehead atoms. The van der Waals surface area contributed by atoms with Gasteiger partial charge in [0.1, 0.15) is 22.9 Å². The summed E-state index contributed by atoms with van der Waals surface area (Å²) in [7, 11) is 0. The number of aryl methyl sites for hydroxylation is 1. The van der Waals surface area contributed by atoms with Gasteiger partial charge in [-0.15, -0.1) is 0 Å². The molecule has 0 spiro atoms. The highest BCUT2D eigenvalue weighted by molar-refractivity contribution is 7.19. The van der Waals surface area contributed by atoms with Gasteiger partial charge in [0.15, 0.2) is 17.3 Å². The molecule has 0 atom stereocenters. The Morgan fingerprint density at radius 1 is 1.14 bits per heavy atom. The molecule has 0 saturated carbocycles. The SMILES string of the molecule is Cc1cccc(-c2sc(NC(=O)c3c(F)cccc3F)nc2-c2cnco2)c1. The number of thiazole rings is 1. The van der Waals surface area contributed by atoms with Crippen LogP contribution in [0.2, 0.25) is 0 Å². The predicted molar refractivity (Wildman–Crippen MR) is 102 cm³/mol. The third-order valence-electron chi connectivity index (χ3n) is 3.98. The van der Waals surface area contributed by atoms with Gasteiger partial charge in [-0.2, -0.15) is 0 Å². The Balaban J connectivity index is 1.75. The van der Waals surface area contributed by atoms with Crippen LogP contribution in [0.15, 0.2) is 59.5 Å². The van der Waals surface area contributed by atoms with Crippen LogP contribution in [0.4, 0.5) is 13.9 Å². The van der Waals surface area contributed by atoms with Gasteiger partial charge in [0.2, 0.25) is 0 Å². The molecule has 0 fully saturated rings. The van der Waals surface area contributed by atoms with Gasteiger partial charge in [-0.1, -0.05) is 47.2 Å². The van der Waals surface area contributed by atoms with Crippen molar-refractivity contribution in [1.82, 2.24) is 9.97 Å². The average molecular weight is 397 g/mol. The van der Waals surface area contributed by atoms with Gasteiger partial charge >= 0.3 is 0 Å². The second-order valence-corrected chi connectivity index (χ2v) is 6.98. The van der Waals surface area contributed by atoms with Crippen molar-refractivity contribution in [3.05, 3.63) is 77.8 Å². The van der Waals surface area contributed by atoms with Gasteiger partial charge in [0.25, 0.3) is 5.91 Å². The summed E-state index contributed by atoms with van der Waals surface area (Å²) in [6.07, 6.45) is 2.79. The number of carbonyl (C=O) groups excluding carboxylic acids is 1. The van der Waals surface area contributed by atoms with Crippen LogP contribution < -0.4 is 5.32 Å². The Bertz CT molecular complexity index is 1140. The molecule has 0 saturated heterocycles. The van der Waals surface area contributed by atoms with Crippen molar-refractivity contribution in [3.63, 3.8) is 0 Å². The molecule has 0 aliphatic carbocycles. The topological polar surface area (TPSA) is 68.0 Å². The second-order valence-electron chi connectivity index (χ2n) is 5.98. The zero-order chi connectivity index (χ0) is 19.7. The Morgan fingerprint density at radius 2 is 1.89 bits per heavy atom. The lowest BCUT2D eigenvalue weighted by Gasteiger charge is -2.04. The number of amides is 1. The lowest BCUT2D eigenvalue weighted by atomic mass is 10.1. The van der Waals surface area contributed by atoms with E-state index in [-0.39, 0.29) is 5.13 Å². The first kappa shape index (κ1) is 18.0. The number of benzene rings is 2. The van der Waals surface area contributed by atoms with Crippen LogP contribution in [0.3, 0.4) is 0 Å². The summed E-state index contributed by atoms with van der Waals surface area (Å²) in [4.78, 5) is 21.4. The van der Waals surface area contributed by atoms with Crippen molar-refractivity contribution >= 4 is 22.4 Å². The summed E-state index contributed by atoms with van der Waals surface area (Å²) in [6, 6.07) is 11.0. The first-order valence-corrected chi connectivity index (χ1v) is 9.06. The number of aromatic nitrogens is 2. The van der Waals surface area contributed by atoms with E-state index in [1.807, 2.05) is 31.2 Å². The molecule has 0 radical (unpaired) electrons. The van der Waals surface area contributed by atoms with Crippen LogP contribution in [0.25, 0.3) is 21.9 Å². The zero-order valence-corrected chi connectivity index (χ0v) is 15.4. The molecule has 0 unspecified atom stereocenters. The van der Waals surface area contributed by atoms with Gasteiger partial charge in [-0.3, -0.25) is 10.1 Å². The number of nitrogens with zero attached hydrogens (tertiary/aromatic N) is 2. The molecule has 0 aliphatic heterocycles. The lowest BCUT2D eigenvalue weighted by Crippen LogP contribution is -2.15. The summed E-state index contributed by atoms with van der Waals surface area (Å²) in [6.45, 7) is 1.96. The van der Waals surface area contributed by atoms with E-state index < -0.39 is 23.1 Å². The summed E-state index contributed by atoms with van der Waals surface area (Å²) < 4.78 is 33.1. The van der Waals surface area contributed by atoms with E-state index in [1.54, 1.807) is 0 Å². The smallest absolute Gasteiger partial charge is 0.263 e. The van der Waals surface area contributed by atoms with E-state index >= 15 is 0 Å². The highest BCUT2D eigenvalue weighted by Gasteiger charge is 2.22. The second kappa shape index (κ2) is 7.32. The number of carbonyl (C=O) groups is 1. The van der Waals surface area contributed by atoms with E-state index in [2.05, 4.69) is 15.3 Å². The van der Waals surface area contributed by atoms with Gasteiger partial charge in [-0.05, 0) is 24.6 Å². The highest BCUT2D eigenvalue weighted by atomic mass is 32.1. The zero-order valence-electron chi connectivity index (χ0n) is 14.6. The van der Waals surface area contributed by atoms with Gasteiger partial charge < -0.3 is 4.42 Å². The Kier molecular flexibility index (Phi) is 4.70. The maximum atomic E-state index is 13.9. The standard InChI is InChI=1S/C20H13F2N3O2S/c1-11-4-2-5-12(8-11)18-17(15-9-23-10-27-15)24-20(28-18)25-19(26)16-13(21)6-3-7-14(16)22/h2-10H,1H3,(H,24,25,26). The van der Waals surface area contributed by atoms with Crippen LogP contribution in [0.1, 0.15) is 15.9 Å². The lowest BCUT2D eigenvalue weighted by molar-refractivity contribution is 0.101. The van der Waals surface area contributed by atoms with E-state index in [9.17, 15) is 13.6 Å². The number of halogens is 2. The monoisotopic (exact) mass is 397 g/mol. The summed E-state index contributed by atoms with van der Waals surface area (Å²) in [5.41, 5.74) is 1.75. The van der Waals surface area contributed by atoms with Crippen molar-refractivity contribution in [1.29, 1.82) is 0 Å². The third kappa shape index (κ3) is 3.41. The van der Waals surface area contributed by atoms with Gasteiger partial charge in [0, 0.05) is 0 Å². The minimum atomic E-state index is -0.941. The molecule has 8 heteroatoms. The Morgan fingerprint density at radius 3 is 2.57 bits per heavy atom. The highest BCUT2D eigenvalue weighted by Crippen LogP contribution is 2.39. The molecule has 2 heterocycles. The van der Waals surface area contributed by atoms with Crippen molar-refractivity contribution in [2.24, 2.45) is 0 Å². The quantitative estimate of drug-likeness (QED) is 0.507. The van der Waals surface area contributed by atoms with E-state index in [0.717, 1.165) is 28.1 Å². The first-order chi connectivity index (χ1) is 13.5. The van der Waals surface area contributed by atoms with Crippen LogP contribution >= 0.6 is 11.3 Å². The Labute approximate surface area is 162 Å². The van der Waals surface area contributed by atoms with Crippen molar-refractivity contribution in [2.75, 3.05) is 5.32 Å². The van der Waals surface area contributed by atoms with Gasteiger partial charge in [-0.25, -0.2) is 18.7 Å². The average Bonchev–Trinajstić information content (AvgIpc) is 3.31. The molecule has 1 N–H and O–H groups in total. The van der Waals surface area contributed by atoms with E-state index in [0.29, 0.717) is 11.5 Å². The van der Waals surface area contributed by atoms with Crippen LogP contribution in [-0.2, 0) is 0 Å². The minimum absolute atomic E-state index is 0.190. The molecular weight excluding hydrogens is 384 g/mol. The third-order valence-corrected chi connectivity index (χ3v) is 5.00. The van der Waals surface area contributed by atoms with Crippen molar-refractivity contribution < 1.29 is 18.0 Å². The van der Waals surface area contributed by atoms with Crippen LogP contribution in [0, 0.1) is 18.6 Å². The van der Waals surface area contributed by atoms with Crippen LogP contribution in [0.5, 0.6) is 0 Å². The maximum absolute atomic E-state index is 13.9. The number of rotatable bonds is 4. The molecular formula is C20H13F2N3O2S. The molecule has 140 valence electrons. The molecule has 4 rings (SSSR count). The number of oxazole rings is 1. The fourth-order valence-corrected chi connectivity index (χ4v) is 3.69. The minimum Gasteiger partial charge on any atom is -0.442 e. The number of anilines is 1. The molecule has 2 aromatic heterocycles. The maximum Gasteiger partial charge on any atom is 0.263 e. The molecule has 4 aromatic rings. The first-order valence-electron chi connectivity index (χ1n) is 8.25. The fraction of sp³-hybridized carbons (Fsp3) is 0.0500. The summed E-state index contributed by atoms with van der Waals surface area (Å²) in [5.74, 6) is -2.37. The van der Waals surface area contributed by atoms with E-state index in [4.69, 9.17) is 4.42 Å². The van der Waals surface area contributed by atoms with Crippen molar-refractivity contribution in [3.8, 4) is 21.9 Å². The largest absolute Gasteiger partial charge is 0.442 e. The summed E-state index contributed by atoms with van der Waals surface area (Å²) in [5, 5.41) is 2.66. The number of nitrogens with one attached hydrogen (secondary N) is 1. The van der Waals surface area contributed by atoms with Gasteiger partial charge in [0.05, 0.1) is 11.1 Å². The van der Waals surface area contributed by atoms with Crippen molar-refractivity contribution in [2.45, 2.75) is 6.92 Å². The normalized spacial score (nSPS) is 10.8. The molecule has 2 aromatic carbocycles. The molecule has 28 heavy (non-hydrogen) atoms. The Hall–Kier alpha value is -3.39. The molecule has 1 amide bonds. The number of hydrogen-bond donors (Lipinski definition) is 1. The molecule has 0 aliphatic rings. The number of hydrogen-bond acceptors (Lipinski definition) is 5. The van der Waals surface area contributed by atoms with Crippen LogP contribution in [-0.4, -0.2) is 15.9 Å². The predicted octanol–water partition coefficient (Wildman–Crippen LogP) is 5.30. The molecule has 5 nitrogen and oxygen atoms in total. The fourth-order valence-electron chi connectivity index (χ4n) is 2.73. The summed E-state index contributed by atoms with van der Waals surface area (Å²) >= 11 is 1.18. The van der Waals surface area contributed by atoms with E-state index in [1.165, 1.54) is 30.0 Å².